The third-order valence-electron chi connectivity index (χ3n) is 4.36. The average molecular weight is 465 g/mol. The van der Waals surface area contributed by atoms with Gasteiger partial charge in [0, 0.05) is 13.1 Å². The average Bonchev–Trinajstić information content (AvgIpc) is 3.27. The summed E-state index contributed by atoms with van der Waals surface area (Å²) in [6.45, 7) is 0.541. The van der Waals surface area contributed by atoms with Gasteiger partial charge in [0.1, 0.15) is 10.1 Å². The summed E-state index contributed by atoms with van der Waals surface area (Å²) in [5, 5.41) is 2.68. The molecule has 30 heavy (non-hydrogen) atoms. The number of carbonyl (C=O) groups excluding carboxylic acids is 2. The molecule has 0 aromatic heterocycles. The quantitative estimate of drug-likeness (QED) is 0.535. The monoisotopic (exact) mass is 464 g/mol. The van der Waals surface area contributed by atoms with Crippen molar-refractivity contribution in [1.82, 2.24) is 10.2 Å². The molecule has 0 unspecified atom stereocenters. The second kappa shape index (κ2) is 8.63. The largest absolute Gasteiger partial charge is 0.454 e. The second-order valence-electron chi connectivity index (χ2n) is 6.33. The minimum atomic E-state index is -0.525. The van der Waals surface area contributed by atoms with Crippen molar-refractivity contribution in [2.24, 2.45) is 0 Å². The van der Waals surface area contributed by atoms with Gasteiger partial charge in [-0.1, -0.05) is 41.6 Å². The number of benzene rings is 2. The SMILES string of the molecule is O=C(NCCN1C(=O)C(=Cc2ccc3c(c2)OCO3)SC1=S)c1ccc(F)cc1Cl. The zero-order chi connectivity index (χ0) is 21.3. The Hall–Kier alpha value is -2.62. The lowest BCUT2D eigenvalue weighted by Crippen LogP contribution is -2.37. The Bertz CT molecular complexity index is 1090. The van der Waals surface area contributed by atoms with Crippen molar-refractivity contribution in [1.29, 1.82) is 0 Å². The van der Waals surface area contributed by atoms with Crippen molar-refractivity contribution >= 4 is 57.8 Å². The zero-order valence-corrected chi connectivity index (χ0v) is 17.7. The number of carbonyl (C=O) groups is 2. The summed E-state index contributed by atoms with van der Waals surface area (Å²) in [4.78, 5) is 26.8. The molecule has 1 saturated heterocycles. The maximum absolute atomic E-state index is 13.1. The number of rotatable bonds is 5. The lowest BCUT2D eigenvalue weighted by molar-refractivity contribution is -0.122. The fraction of sp³-hybridized carbons (Fsp3) is 0.150. The summed E-state index contributed by atoms with van der Waals surface area (Å²) in [5.74, 6) is 0.0690. The van der Waals surface area contributed by atoms with Crippen LogP contribution in [0.15, 0.2) is 41.3 Å². The third kappa shape index (κ3) is 4.28. The molecule has 2 amide bonds. The Morgan fingerprint density at radius 1 is 1.27 bits per heavy atom. The molecule has 2 aliphatic heterocycles. The van der Waals surface area contributed by atoms with E-state index in [4.69, 9.17) is 33.3 Å². The molecule has 1 N–H and O–H groups in total. The number of thiocarbonyl (C=S) groups is 1. The first-order valence-corrected chi connectivity index (χ1v) is 10.4. The molecule has 0 saturated carbocycles. The highest BCUT2D eigenvalue weighted by Gasteiger charge is 2.31. The van der Waals surface area contributed by atoms with Crippen molar-refractivity contribution in [3.63, 3.8) is 0 Å². The predicted molar refractivity (Wildman–Crippen MR) is 116 cm³/mol. The summed E-state index contributed by atoms with van der Waals surface area (Å²) >= 11 is 12.4. The number of hydrogen-bond donors (Lipinski definition) is 1. The molecule has 0 spiro atoms. The Morgan fingerprint density at radius 3 is 2.87 bits per heavy atom. The van der Waals surface area contributed by atoms with Crippen molar-refractivity contribution in [2.45, 2.75) is 0 Å². The topological polar surface area (TPSA) is 67.9 Å². The van der Waals surface area contributed by atoms with Crippen LogP contribution >= 0.6 is 35.6 Å². The molecule has 2 heterocycles. The molecule has 6 nitrogen and oxygen atoms in total. The maximum Gasteiger partial charge on any atom is 0.266 e. The Kier molecular flexibility index (Phi) is 5.94. The van der Waals surface area contributed by atoms with Gasteiger partial charge >= 0.3 is 0 Å². The summed E-state index contributed by atoms with van der Waals surface area (Å²) in [6.07, 6.45) is 1.73. The van der Waals surface area contributed by atoms with Gasteiger partial charge < -0.3 is 14.8 Å². The summed E-state index contributed by atoms with van der Waals surface area (Å²) in [6, 6.07) is 8.93. The van der Waals surface area contributed by atoms with E-state index in [1.165, 1.54) is 22.7 Å². The highest BCUT2D eigenvalue weighted by molar-refractivity contribution is 8.26. The van der Waals surface area contributed by atoms with Crippen LogP contribution in [0.2, 0.25) is 5.02 Å². The molecule has 1 fully saturated rings. The van der Waals surface area contributed by atoms with Crippen LogP contribution < -0.4 is 14.8 Å². The molecule has 154 valence electrons. The zero-order valence-electron chi connectivity index (χ0n) is 15.3. The molecule has 10 heteroatoms. The molecule has 0 bridgehead atoms. The van der Waals surface area contributed by atoms with Crippen molar-refractivity contribution < 1.29 is 23.5 Å². The molecule has 2 aliphatic rings. The summed E-state index contributed by atoms with van der Waals surface area (Å²) in [5.41, 5.74) is 0.949. The van der Waals surface area contributed by atoms with Gasteiger partial charge in [0.05, 0.1) is 15.5 Å². The lowest BCUT2D eigenvalue weighted by Gasteiger charge is -2.15. The number of hydrogen-bond acceptors (Lipinski definition) is 6. The standard InChI is InChI=1S/C20H14ClFN2O4S2/c21-14-9-12(22)2-3-13(14)18(25)23-5-6-24-19(26)17(30-20(24)29)8-11-1-4-15-16(7-11)28-10-27-15/h1-4,7-9H,5-6,10H2,(H,23,25). The minimum Gasteiger partial charge on any atom is -0.454 e. The molecule has 2 aromatic carbocycles. The highest BCUT2D eigenvalue weighted by atomic mass is 35.5. The van der Waals surface area contributed by atoms with Gasteiger partial charge in [-0.15, -0.1) is 0 Å². The molecule has 4 rings (SSSR count). The first-order chi connectivity index (χ1) is 14.4. The molecule has 2 aromatic rings. The fourth-order valence-corrected chi connectivity index (χ4v) is 4.46. The van der Waals surface area contributed by atoms with Crippen LogP contribution in [0.3, 0.4) is 0 Å². The van der Waals surface area contributed by atoms with E-state index in [0.29, 0.717) is 20.7 Å². The number of amides is 2. The van der Waals surface area contributed by atoms with Crippen LogP contribution in [-0.2, 0) is 4.79 Å². The van der Waals surface area contributed by atoms with Crippen LogP contribution in [0.5, 0.6) is 11.5 Å². The normalized spacial score (nSPS) is 16.5. The first-order valence-electron chi connectivity index (χ1n) is 8.80. The molecular weight excluding hydrogens is 451 g/mol. The van der Waals surface area contributed by atoms with Gasteiger partial charge in [-0.2, -0.15) is 0 Å². The number of fused-ring (bicyclic) bond motifs is 1. The molecular formula is C20H14ClFN2O4S2. The van der Waals surface area contributed by atoms with Crippen molar-refractivity contribution in [3.05, 3.63) is 63.3 Å². The number of ether oxygens (including phenoxy) is 2. The highest BCUT2D eigenvalue weighted by Crippen LogP contribution is 2.36. The third-order valence-corrected chi connectivity index (χ3v) is 6.06. The van der Waals surface area contributed by atoms with E-state index in [9.17, 15) is 14.0 Å². The van der Waals surface area contributed by atoms with Crippen LogP contribution in [0.1, 0.15) is 15.9 Å². The van der Waals surface area contributed by atoms with Gasteiger partial charge in [0.15, 0.2) is 11.5 Å². The van der Waals surface area contributed by atoms with Gasteiger partial charge in [-0.05, 0) is 42.0 Å². The molecule has 0 aliphatic carbocycles. The molecule has 0 radical (unpaired) electrons. The van der Waals surface area contributed by atoms with E-state index >= 15 is 0 Å². The van der Waals surface area contributed by atoms with Crippen molar-refractivity contribution in [2.75, 3.05) is 19.9 Å². The first kappa shape index (κ1) is 20.6. The number of halogens is 2. The van der Waals surface area contributed by atoms with E-state index in [1.54, 1.807) is 18.2 Å². The van der Waals surface area contributed by atoms with E-state index in [-0.39, 0.29) is 36.4 Å². The minimum absolute atomic E-state index is 0.0183. The van der Waals surface area contributed by atoms with E-state index in [0.717, 1.165) is 17.7 Å². The maximum atomic E-state index is 13.1. The van der Waals surface area contributed by atoms with E-state index in [2.05, 4.69) is 5.32 Å². The van der Waals surface area contributed by atoms with E-state index < -0.39 is 11.7 Å². The Morgan fingerprint density at radius 2 is 2.07 bits per heavy atom. The lowest BCUT2D eigenvalue weighted by atomic mass is 10.2. The Labute approximate surface area is 186 Å². The summed E-state index contributed by atoms with van der Waals surface area (Å²) in [7, 11) is 0. The fourth-order valence-electron chi connectivity index (χ4n) is 2.90. The van der Waals surface area contributed by atoms with Gasteiger partial charge in [0.2, 0.25) is 6.79 Å². The number of thioether (sulfide) groups is 1. The van der Waals surface area contributed by atoms with Crippen LogP contribution in [-0.4, -0.2) is 40.9 Å². The van der Waals surface area contributed by atoms with E-state index in [1.807, 2.05) is 6.07 Å². The Balaban J connectivity index is 1.38. The van der Waals surface area contributed by atoms with Gasteiger partial charge in [-0.3, -0.25) is 14.5 Å². The predicted octanol–water partition coefficient (Wildman–Crippen LogP) is 3.84. The summed E-state index contributed by atoms with van der Waals surface area (Å²) < 4.78 is 24.2. The van der Waals surface area contributed by atoms with Crippen LogP contribution in [0.25, 0.3) is 6.08 Å². The van der Waals surface area contributed by atoms with Crippen LogP contribution in [0, 0.1) is 5.82 Å². The van der Waals surface area contributed by atoms with Crippen LogP contribution in [0.4, 0.5) is 4.39 Å². The second-order valence-corrected chi connectivity index (χ2v) is 8.41. The number of nitrogens with one attached hydrogen (secondary N) is 1. The number of nitrogens with zero attached hydrogens (tertiary/aromatic N) is 1. The van der Waals surface area contributed by atoms with Crippen molar-refractivity contribution in [3.8, 4) is 11.5 Å². The van der Waals surface area contributed by atoms with Gasteiger partial charge in [-0.25, -0.2) is 4.39 Å². The smallest absolute Gasteiger partial charge is 0.266 e. The van der Waals surface area contributed by atoms with Gasteiger partial charge in [0.25, 0.3) is 11.8 Å². The molecule has 0 atom stereocenters.